The third-order valence-electron chi connectivity index (χ3n) is 1.95. The highest BCUT2D eigenvalue weighted by Crippen LogP contribution is 2.21. The van der Waals surface area contributed by atoms with Crippen LogP contribution in [0.1, 0.15) is 23.7 Å². The summed E-state index contributed by atoms with van der Waals surface area (Å²) in [5.74, 6) is -0.701. The Morgan fingerprint density at radius 3 is 2.71 bits per heavy atom. The quantitative estimate of drug-likeness (QED) is 0.850. The maximum absolute atomic E-state index is 12.0. The lowest BCUT2D eigenvalue weighted by atomic mass is 10.2. The van der Waals surface area contributed by atoms with Crippen LogP contribution in [0.25, 0.3) is 0 Å². The second-order valence-electron chi connectivity index (χ2n) is 3.64. The Morgan fingerprint density at radius 2 is 2.18 bits per heavy atom. The molecule has 0 aliphatic carbocycles. The maximum atomic E-state index is 12.0. The summed E-state index contributed by atoms with van der Waals surface area (Å²) >= 11 is 0. The molecule has 7 heteroatoms. The molecule has 1 unspecified atom stereocenters. The molecule has 0 aromatic carbocycles. The number of pyridine rings is 1. The summed E-state index contributed by atoms with van der Waals surface area (Å²) in [5.41, 5.74) is -0.455. The second-order valence-corrected chi connectivity index (χ2v) is 3.64. The van der Waals surface area contributed by atoms with Gasteiger partial charge in [-0.1, -0.05) is 0 Å². The fourth-order valence-corrected chi connectivity index (χ4v) is 1.29. The lowest BCUT2D eigenvalue weighted by molar-refractivity contribution is -0.138. The average molecular weight is 248 g/mol. The van der Waals surface area contributed by atoms with Gasteiger partial charge in [-0.15, -0.1) is 0 Å². The van der Waals surface area contributed by atoms with Crippen molar-refractivity contribution in [2.75, 3.05) is 0 Å². The van der Waals surface area contributed by atoms with Crippen molar-refractivity contribution in [2.45, 2.75) is 25.6 Å². The van der Waals surface area contributed by atoms with Crippen LogP contribution in [0.4, 0.5) is 13.2 Å². The zero-order valence-corrected chi connectivity index (χ0v) is 8.97. The van der Waals surface area contributed by atoms with Crippen molar-refractivity contribution in [3.8, 4) is 0 Å². The molecule has 1 atom stereocenters. The molecule has 0 fully saturated rings. The number of aromatic nitrogens is 1. The van der Waals surface area contributed by atoms with Crippen LogP contribution in [0.3, 0.4) is 0 Å². The van der Waals surface area contributed by atoms with Crippen LogP contribution in [0.2, 0.25) is 0 Å². The first-order valence-corrected chi connectivity index (χ1v) is 4.84. The van der Waals surface area contributed by atoms with Crippen molar-refractivity contribution < 1.29 is 18.0 Å². The SMILES string of the molecule is CC(CC(F)(F)F)NC(=O)c1cc[nH]c(=O)c1. The van der Waals surface area contributed by atoms with Gasteiger partial charge in [-0.3, -0.25) is 9.59 Å². The minimum absolute atomic E-state index is 0.0303. The highest BCUT2D eigenvalue weighted by molar-refractivity contribution is 5.94. The summed E-state index contributed by atoms with van der Waals surface area (Å²) in [5, 5.41) is 2.17. The highest BCUT2D eigenvalue weighted by atomic mass is 19.4. The first-order chi connectivity index (χ1) is 7.78. The van der Waals surface area contributed by atoms with Gasteiger partial charge in [-0.25, -0.2) is 0 Å². The molecule has 1 aromatic rings. The lowest BCUT2D eigenvalue weighted by Crippen LogP contribution is -2.36. The Bertz CT molecular complexity index is 453. The van der Waals surface area contributed by atoms with Crippen LogP contribution < -0.4 is 10.9 Å². The van der Waals surface area contributed by atoms with Gasteiger partial charge in [0.2, 0.25) is 5.56 Å². The van der Waals surface area contributed by atoms with E-state index in [1.165, 1.54) is 19.2 Å². The smallest absolute Gasteiger partial charge is 0.349 e. The van der Waals surface area contributed by atoms with Crippen LogP contribution in [0.15, 0.2) is 23.1 Å². The van der Waals surface area contributed by atoms with Crippen molar-refractivity contribution in [3.63, 3.8) is 0 Å². The Labute approximate surface area is 94.8 Å². The highest BCUT2D eigenvalue weighted by Gasteiger charge is 2.30. The van der Waals surface area contributed by atoms with Crippen molar-refractivity contribution in [1.82, 2.24) is 10.3 Å². The van der Waals surface area contributed by atoms with Gasteiger partial charge in [-0.2, -0.15) is 13.2 Å². The van der Waals surface area contributed by atoms with Gasteiger partial charge < -0.3 is 10.3 Å². The van der Waals surface area contributed by atoms with Crippen LogP contribution in [-0.2, 0) is 0 Å². The van der Waals surface area contributed by atoms with Crippen LogP contribution in [-0.4, -0.2) is 23.1 Å². The fraction of sp³-hybridized carbons (Fsp3) is 0.400. The fourth-order valence-electron chi connectivity index (χ4n) is 1.29. The Hall–Kier alpha value is -1.79. The van der Waals surface area contributed by atoms with Crippen molar-refractivity contribution >= 4 is 5.91 Å². The van der Waals surface area contributed by atoms with Crippen LogP contribution >= 0.6 is 0 Å². The number of alkyl halides is 3. The van der Waals surface area contributed by atoms with Crippen molar-refractivity contribution in [3.05, 3.63) is 34.2 Å². The molecule has 1 amide bonds. The Morgan fingerprint density at radius 1 is 1.53 bits per heavy atom. The average Bonchev–Trinajstić information content (AvgIpc) is 2.14. The number of hydrogen-bond acceptors (Lipinski definition) is 2. The normalized spacial score (nSPS) is 13.2. The monoisotopic (exact) mass is 248 g/mol. The van der Waals surface area contributed by atoms with Gasteiger partial charge in [0, 0.05) is 23.9 Å². The van der Waals surface area contributed by atoms with Crippen LogP contribution in [0, 0.1) is 0 Å². The molecule has 1 rings (SSSR count). The predicted molar refractivity (Wildman–Crippen MR) is 54.7 cm³/mol. The first-order valence-electron chi connectivity index (χ1n) is 4.84. The molecular formula is C10H11F3N2O2. The molecule has 4 nitrogen and oxygen atoms in total. The van der Waals surface area contributed by atoms with Gasteiger partial charge in [0.1, 0.15) is 0 Å². The van der Waals surface area contributed by atoms with E-state index in [9.17, 15) is 22.8 Å². The third kappa shape index (κ3) is 4.71. The molecule has 17 heavy (non-hydrogen) atoms. The largest absolute Gasteiger partial charge is 0.391 e. The molecule has 0 saturated heterocycles. The molecule has 0 aliphatic rings. The molecule has 0 bridgehead atoms. The third-order valence-corrected chi connectivity index (χ3v) is 1.95. The zero-order valence-electron chi connectivity index (χ0n) is 8.97. The number of amides is 1. The molecule has 1 aromatic heterocycles. The standard InChI is InChI=1S/C10H11F3N2O2/c1-6(5-10(11,12)13)15-9(17)7-2-3-14-8(16)4-7/h2-4,6H,5H2,1H3,(H,14,16)(H,15,17). The number of hydrogen-bond donors (Lipinski definition) is 2. The van der Waals surface area contributed by atoms with E-state index in [0.717, 1.165) is 6.07 Å². The van der Waals surface area contributed by atoms with E-state index in [1.54, 1.807) is 0 Å². The number of carbonyl (C=O) groups is 1. The van der Waals surface area contributed by atoms with Gasteiger partial charge in [-0.05, 0) is 13.0 Å². The number of carbonyl (C=O) groups excluding carboxylic acids is 1. The van der Waals surface area contributed by atoms with Crippen molar-refractivity contribution in [2.24, 2.45) is 0 Å². The molecule has 0 radical (unpaired) electrons. The molecule has 1 heterocycles. The minimum atomic E-state index is -4.33. The van der Waals surface area contributed by atoms with Crippen LogP contribution in [0.5, 0.6) is 0 Å². The van der Waals surface area contributed by atoms with E-state index in [1.807, 2.05) is 0 Å². The number of halogens is 3. The number of rotatable bonds is 3. The summed E-state index contributed by atoms with van der Waals surface area (Å²) in [6, 6.07) is 1.30. The molecule has 0 saturated carbocycles. The van der Waals surface area contributed by atoms with Gasteiger partial charge >= 0.3 is 6.18 Å². The lowest BCUT2D eigenvalue weighted by Gasteiger charge is -2.15. The molecule has 0 spiro atoms. The number of aromatic amines is 1. The van der Waals surface area contributed by atoms with E-state index >= 15 is 0 Å². The summed E-state index contributed by atoms with van der Waals surface area (Å²) in [6.07, 6.45) is -4.19. The molecule has 2 N–H and O–H groups in total. The summed E-state index contributed by atoms with van der Waals surface area (Å²) < 4.78 is 36.1. The van der Waals surface area contributed by atoms with E-state index in [2.05, 4.69) is 10.3 Å². The zero-order chi connectivity index (χ0) is 13.1. The second kappa shape index (κ2) is 5.03. The number of H-pyrrole nitrogens is 1. The predicted octanol–water partition coefficient (Wildman–Crippen LogP) is 1.45. The molecular weight excluding hydrogens is 237 g/mol. The maximum Gasteiger partial charge on any atom is 0.391 e. The molecule has 94 valence electrons. The van der Waals surface area contributed by atoms with Crippen molar-refractivity contribution in [1.29, 1.82) is 0 Å². The molecule has 0 aliphatic heterocycles. The van der Waals surface area contributed by atoms with E-state index in [0.29, 0.717) is 0 Å². The topological polar surface area (TPSA) is 62.0 Å². The van der Waals surface area contributed by atoms with Gasteiger partial charge in [0.25, 0.3) is 5.91 Å². The van der Waals surface area contributed by atoms with E-state index < -0.39 is 30.1 Å². The van der Waals surface area contributed by atoms with Gasteiger partial charge in [0.15, 0.2) is 0 Å². The van der Waals surface area contributed by atoms with E-state index in [-0.39, 0.29) is 5.56 Å². The number of nitrogens with one attached hydrogen (secondary N) is 2. The van der Waals surface area contributed by atoms with E-state index in [4.69, 9.17) is 0 Å². The summed E-state index contributed by atoms with van der Waals surface area (Å²) in [6.45, 7) is 1.25. The summed E-state index contributed by atoms with van der Waals surface area (Å²) in [7, 11) is 0. The summed E-state index contributed by atoms with van der Waals surface area (Å²) in [4.78, 5) is 24.7. The Kier molecular flexibility index (Phi) is 3.93. The van der Waals surface area contributed by atoms with Gasteiger partial charge in [0.05, 0.1) is 6.42 Å². The minimum Gasteiger partial charge on any atom is -0.349 e. The Balaban J connectivity index is 2.64. The first kappa shape index (κ1) is 13.3.